The third-order valence-corrected chi connectivity index (χ3v) is 5.79. The molecule has 3 rings (SSSR count). The van der Waals surface area contributed by atoms with Crippen LogP contribution in [0.1, 0.15) is 18.4 Å². The van der Waals surface area contributed by atoms with Crippen LogP contribution < -0.4 is 5.32 Å². The van der Waals surface area contributed by atoms with Crippen molar-refractivity contribution in [3.8, 4) is 0 Å². The molecule has 1 amide bonds. The largest absolute Gasteiger partial charge is 0.395 e. The number of amides is 1. The number of benzene rings is 1. The smallest absolute Gasteiger partial charge is 0.243 e. The lowest BCUT2D eigenvalue weighted by molar-refractivity contribution is -0.115. The molecule has 0 unspecified atom stereocenters. The number of anilines is 1. The summed E-state index contributed by atoms with van der Waals surface area (Å²) in [6, 6.07) is 4.34. The predicted molar refractivity (Wildman–Crippen MR) is 72.8 cm³/mol. The zero-order valence-electron chi connectivity index (χ0n) is 10.9. The molecule has 7 heteroatoms. The predicted octanol–water partition coefficient (Wildman–Crippen LogP) is 0.327. The van der Waals surface area contributed by atoms with E-state index in [2.05, 4.69) is 5.32 Å². The van der Waals surface area contributed by atoms with Crippen LogP contribution in [0.4, 0.5) is 5.69 Å². The molecule has 0 spiro atoms. The molecule has 2 aliphatic rings. The van der Waals surface area contributed by atoms with Gasteiger partial charge >= 0.3 is 0 Å². The fourth-order valence-corrected chi connectivity index (χ4v) is 4.55. The lowest BCUT2D eigenvalue weighted by atomic mass is 10.2. The second-order valence-electron chi connectivity index (χ2n) is 5.14. The summed E-state index contributed by atoms with van der Waals surface area (Å²) in [7, 11) is -3.60. The minimum absolute atomic E-state index is 0.121. The molecule has 0 aliphatic carbocycles. The van der Waals surface area contributed by atoms with Gasteiger partial charge in [-0.15, -0.1) is 0 Å². The number of aliphatic hydroxyl groups is 1. The number of hydrogen-bond acceptors (Lipinski definition) is 4. The topological polar surface area (TPSA) is 86.7 Å². The van der Waals surface area contributed by atoms with E-state index in [0.29, 0.717) is 24.2 Å². The van der Waals surface area contributed by atoms with Crippen LogP contribution in [-0.2, 0) is 21.2 Å². The maximum absolute atomic E-state index is 12.6. The number of nitrogens with one attached hydrogen (secondary N) is 1. The first kappa shape index (κ1) is 13.5. The minimum atomic E-state index is -3.60. The Morgan fingerprint density at radius 2 is 2.20 bits per heavy atom. The molecule has 6 nitrogen and oxygen atoms in total. The van der Waals surface area contributed by atoms with Gasteiger partial charge in [0.2, 0.25) is 15.9 Å². The van der Waals surface area contributed by atoms with E-state index in [1.165, 1.54) is 10.4 Å². The molecule has 1 atom stereocenters. The van der Waals surface area contributed by atoms with E-state index < -0.39 is 10.0 Å². The van der Waals surface area contributed by atoms with E-state index in [-0.39, 0.29) is 29.9 Å². The van der Waals surface area contributed by atoms with Crippen LogP contribution in [0.3, 0.4) is 0 Å². The standard InChI is InChI=1S/C13H16N2O4S/c16-8-10-2-1-5-15(10)20(18,19)11-3-4-12-9(6-11)7-13(17)14-12/h3-4,6,10,16H,1-2,5,7-8H2,(H,14,17)/t10-/m1/s1. The Morgan fingerprint density at radius 3 is 2.95 bits per heavy atom. The number of fused-ring (bicyclic) bond motifs is 1. The monoisotopic (exact) mass is 296 g/mol. The van der Waals surface area contributed by atoms with Gasteiger partial charge in [-0.2, -0.15) is 4.31 Å². The van der Waals surface area contributed by atoms with Crippen LogP contribution in [0, 0.1) is 0 Å². The number of hydrogen-bond donors (Lipinski definition) is 2. The zero-order valence-corrected chi connectivity index (χ0v) is 11.7. The summed E-state index contributed by atoms with van der Waals surface area (Å²) < 4.78 is 26.5. The van der Waals surface area contributed by atoms with Gasteiger partial charge in [-0.05, 0) is 36.6 Å². The molecule has 2 aliphatic heterocycles. The van der Waals surface area contributed by atoms with E-state index >= 15 is 0 Å². The maximum Gasteiger partial charge on any atom is 0.243 e. The van der Waals surface area contributed by atoms with E-state index in [1.807, 2.05) is 0 Å². The van der Waals surface area contributed by atoms with Gasteiger partial charge < -0.3 is 10.4 Å². The van der Waals surface area contributed by atoms with Crippen molar-refractivity contribution in [2.24, 2.45) is 0 Å². The molecular formula is C13H16N2O4S. The van der Waals surface area contributed by atoms with Gasteiger partial charge in [0.15, 0.2) is 0 Å². The molecule has 1 aromatic rings. The van der Waals surface area contributed by atoms with Crippen LogP contribution in [0.5, 0.6) is 0 Å². The SMILES string of the molecule is O=C1Cc2cc(S(=O)(=O)N3CCC[C@@H]3CO)ccc2N1. The van der Waals surface area contributed by atoms with Gasteiger partial charge in [0.25, 0.3) is 0 Å². The number of carbonyl (C=O) groups excluding carboxylic acids is 1. The van der Waals surface area contributed by atoms with Crippen LogP contribution in [0.25, 0.3) is 0 Å². The van der Waals surface area contributed by atoms with Crippen molar-refractivity contribution in [2.45, 2.75) is 30.2 Å². The van der Waals surface area contributed by atoms with E-state index in [1.54, 1.807) is 12.1 Å². The summed E-state index contributed by atoms with van der Waals surface area (Å²) in [5, 5.41) is 12.0. The van der Waals surface area contributed by atoms with E-state index in [9.17, 15) is 18.3 Å². The summed E-state index contributed by atoms with van der Waals surface area (Å²) >= 11 is 0. The van der Waals surface area contributed by atoms with Crippen molar-refractivity contribution in [1.29, 1.82) is 0 Å². The number of rotatable bonds is 3. The molecule has 1 saturated heterocycles. The van der Waals surface area contributed by atoms with Crippen LogP contribution in [-0.4, -0.2) is 42.9 Å². The highest BCUT2D eigenvalue weighted by atomic mass is 32.2. The number of carbonyl (C=O) groups is 1. The third-order valence-electron chi connectivity index (χ3n) is 3.84. The lowest BCUT2D eigenvalue weighted by Gasteiger charge is -2.22. The Balaban J connectivity index is 1.96. The lowest BCUT2D eigenvalue weighted by Crippen LogP contribution is -2.37. The van der Waals surface area contributed by atoms with Crippen molar-refractivity contribution >= 4 is 21.6 Å². The van der Waals surface area contributed by atoms with Crippen LogP contribution in [0.2, 0.25) is 0 Å². The highest BCUT2D eigenvalue weighted by Crippen LogP contribution is 2.30. The Morgan fingerprint density at radius 1 is 1.40 bits per heavy atom. The molecule has 2 N–H and O–H groups in total. The molecule has 108 valence electrons. The number of sulfonamides is 1. The Labute approximate surface area is 117 Å². The zero-order chi connectivity index (χ0) is 14.3. The minimum Gasteiger partial charge on any atom is -0.395 e. The first-order chi connectivity index (χ1) is 9.52. The van der Waals surface area contributed by atoms with E-state index in [0.717, 1.165) is 6.42 Å². The van der Waals surface area contributed by atoms with Gasteiger partial charge in [-0.25, -0.2) is 8.42 Å². The summed E-state index contributed by atoms with van der Waals surface area (Å²) in [4.78, 5) is 11.5. The molecule has 2 heterocycles. The normalized spacial score (nSPS) is 22.9. The quantitative estimate of drug-likeness (QED) is 0.841. The van der Waals surface area contributed by atoms with Gasteiger partial charge in [-0.3, -0.25) is 4.79 Å². The van der Waals surface area contributed by atoms with Crippen molar-refractivity contribution in [3.05, 3.63) is 23.8 Å². The number of aliphatic hydroxyl groups excluding tert-OH is 1. The van der Waals surface area contributed by atoms with Crippen LogP contribution in [0.15, 0.2) is 23.1 Å². The molecule has 0 radical (unpaired) electrons. The van der Waals surface area contributed by atoms with Crippen LogP contribution >= 0.6 is 0 Å². The molecule has 1 fully saturated rings. The molecule has 0 aromatic heterocycles. The highest BCUT2D eigenvalue weighted by Gasteiger charge is 2.35. The fraction of sp³-hybridized carbons (Fsp3) is 0.462. The Bertz CT molecular complexity index is 656. The summed E-state index contributed by atoms with van der Waals surface area (Å²) in [5.41, 5.74) is 1.38. The van der Waals surface area contributed by atoms with Crippen molar-refractivity contribution in [2.75, 3.05) is 18.5 Å². The van der Waals surface area contributed by atoms with Gasteiger partial charge in [0.1, 0.15) is 0 Å². The average Bonchev–Trinajstić information content (AvgIpc) is 3.02. The van der Waals surface area contributed by atoms with Gasteiger partial charge in [0.05, 0.1) is 17.9 Å². The third kappa shape index (κ3) is 2.11. The van der Waals surface area contributed by atoms with Gasteiger partial charge in [0, 0.05) is 18.3 Å². The number of nitrogens with zero attached hydrogens (tertiary/aromatic N) is 1. The molecule has 1 aromatic carbocycles. The molecular weight excluding hydrogens is 280 g/mol. The first-order valence-corrected chi connectivity index (χ1v) is 8.02. The van der Waals surface area contributed by atoms with Crippen molar-refractivity contribution in [1.82, 2.24) is 4.31 Å². The second-order valence-corrected chi connectivity index (χ2v) is 7.03. The summed E-state index contributed by atoms with van der Waals surface area (Å²) in [5.74, 6) is -0.121. The van der Waals surface area contributed by atoms with Crippen molar-refractivity contribution < 1.29 is 18.3 Å². The summed E-state index contributed by atoms with van der Waals surface area (Å²) in [6.45, 7) is 0.270. The maximum atomic E-state index is 12.6. The summed E-state index contributed by atoms with van der Waals surface area (Å²) in [6.07, 6.45) is 1.65. The first-order valence-electron chi connectivity index (χ1n) is 6.58. The Kier molecular flexibility index (Phi) is 3.27. The molecule has 0 bridgehead atoms. The van der Waals surface area contributed by atoms with Gasteiger partial charge in [-0.1, -0.05) is 0 Å². The second kappa shape index (κ2) is 4.83. The highest BCUT2D eigenvalue weighted by molar-refractivity contribution is 7.89. The van der Waals surface area contributed by atoms with Crippen molar-refractivity contribution in [3.63, 3.8) is 0 Å². The average molecular weight is 296 g/mol. The fourth-order valence-electron chi connectivity index (χ4n) is 2.81. The van der Waals surface area contributed by atoms with E-state index in [4.69, 9.17) is 0 Å². The Hall–Kier alpha value is -1.44. The molecule has 0 saturated carbocycles. The molecule has 20 heavy (non-hydrogen) atoms.